The molecule has 1 saturated carbocycles. The third-order valence-electron chi connectivity index (χ3n) is 4.41. The molecule has 1 aliphatic heterocycles. The number of nitrogens with one attached hydrogen (secondary N) is 1. The summed E-state index contributed by atoms with van der Waals surface area (Å²) >= 11 is 6.07. The Morgan fingerprint density at radius 3 is 2.95 bits per heavy atom. The minimum Gasteiger partial charge on any atom is -0.341 e. The molecule has 0 bridgehead atoms. The summed E-state index contributed by atoms with van der Waals surface area (Å²) in [6, 6.07) is 4.95. The first-order valence-corrected chi connectivity index (χ1v) is 7.38. The van der Waals surface area contributed by atoms with Gasteiger partial charge in [-0.25, -0.2) is 4.39 Å². The lowest BCUT2D eigenvalue weighted by atomic mass is 10.1. The van der Waals surface area contributed by atoms with E-state index in [-0.39, 0.29) is 29.6 Å². The molecule has 0 radical (unpaired) electrons. The predicted octanol–water partition coefficient (Wildman–Crippen LogP) is 2.40. The van der Waals surface area contributed by atoms with Crippen LogP contribution >= 0.6 is 11.6 Å². The number of rotatable bonds is 3. The van der Waals surface area contributed by atoms with Crippen LogP contribution in [-0.2, 0) is 4.79 Å². The summed E-state index contributed by atoms with van der Waals surface area (Å²) in [5.41, 5.74) is 0.505. The highest BCUT2D eigenvalue weighted by Gasteiger charge is 2.48. The largest absolute Gasteiger partial charge is 0.341 e. The summed E-state index contributed by atoms with van der Waals surface area (Å²) < 4.78 is 13.9. The number of amides is 1. The fourth-order valence-electron chi connectivity index (χ4n) is 3.06. The second-order valence-corrected chi connectivity index (χ2v) is 6.09. The maximum atomic E-state index is 13.9. The van der Waals surface area contributed by atoms with Crippen molar-refractivity contribution in [3.05, 3.63) is 34.6 Å². The average Bonchev–Trinajstić information content (AvgIpc) is 3.00. The molecule has 3 atom stereocenters. The van der Waals surface area contributed by atoms with E-state index >= 15 is 0 Å². The second kappa shape index (κ2) is 5.34. The van der Waals surface area contributed by atoms with E-state index in [0.29, 0.717) is 17.0 Å². The fourth-order valence-corrected chi connectivity index (χ4v) is 3.37. The van der Waals surface area contributed by atoms with Crippen LogP contribution in [0.2, 0.25) is 5.02 Å². The molecule has 0 unspecified atom stereocenters. The van der Waals surface area contributed by atoms with Crippen molar-refractivity contribution in [2.24, 2.45) is 5.92 Å². The first kappa shape index (κ1) is 13.8. The molecular formula is C15H18ClFN2O. The van der Waals surface area contributed by atoms with E-state index in [2.05, 4.69) is 5.32 Å². The Balaban J connectivity index is 1.70. The third kappa shape index (κ3) is 2.42. The average molecular weight is 297 g/mol. The molecule has 1 N–H and O–H groups in total. The minimum atomic E-state index is -0.303. The number of hydrogen-bond donors (Lipinski definition) is 1. The highest BCUT2D eigenvalue weighted by molar-refractivity contribution is 6.31. The molecule has 1 amide bonds. The SMILES string of the molecule is CN(C(=O)[C@@H]1C[C@@H]1c1c(F)cccc1Cl)[C@H]1CCNC1. The Bertz CT molecular complexity index is 510. The van der Waals surface area contributed by atoms with Gasteiger partial charge in [-0.05, 0) is 31.5 Å². The van der Waals surface area contributed by atoms with Gasteiger partial charge in [0.25, 0.3) is 0 Å². The standard InChI is InChI=1S/C15H18ClFN2O/c1-19(9-5-6-18-8-9)15(20)11-7-10(11)14-12(16)3-2-4-13(14)17/h2-4,9-11,18H,5-8H2,1H3/t9-,10-,11+/m0/s1. The number of hydrogen-bond acceptors (Lipinski definition) is 2. The van der Waals surface area contributed by atoms with Gasteiger partial charge >= 0.3 is 0 Å². The van der Waals surface area contributed by atoms with Crippen molar-refractivity contribution in [2.75, 3.05) is 20.1 Å². The van der Waals surface area contributed by atoms with Crippen molar-refractivity contribution in [3.8, 4) is 0 Å². The van der Waals surface area contributed by atoms with Gasteiger partial charge in [0.2, 0.25) is 5.91 Å². The molecular weight excluding hydrogens is 279 g/mol. The lowest BCUT2D eigenvalue weighted by Gasteiger charge is -2.24. The molecule has 3 rings (SSSR count). The molecule has 5 heteroatoms. The Kier molecular flexibility index (Phi) is 3.69. The van der Waals surface area contributed by atoms with Gasteiger partial charge < -0.3 is 10.2 Å². The quantitative estimate of drug-likeness (QED) is 0.929. The molecule has 0 spiro atoms. The Morgan fingerprint density at radius 1 is 1.50 bits per heavy atom. The van der Waals surface area contributed by atoms with Crippen LogP contribution in [0.15, 0.2) is 18.2 Å². The summed E-state index contributed by atoms with van der Waals surface area (Å²) in [6.07, 6.45) is 1.68. The van der Waals surface area contributed by atoms with E-state index in [1.807, 2.05) is 11.9 Å². The van der Waals surface area contributed by atoms with Crippen molar-refractivity contribution in [3.63, 3.8) is 0 Å². The van der Waals surface area contributed by atoms with E-state index in [4.69, 9.17) is 11.6 Å². The highest BCUT2D eigenvalue weighted by Crippen LogP contribution is 2.51. The van der Waals surface area contributed by atoms with E-state index in [9.17, 15) is 9.18 Å². The lowest BCUT2D eigenvalue weighted by Crippen LogP contribution is -2.39. The van der Waals surface area contributed by atoms with E-state index in [0.717, 1.165) is 19.5 Å². The zero-order chi connectivity index (χ0) is 14.3. The van der Waals surface area contributed by atoms with Gasteiger partial charge in [0.1, 0.15) is 5.82 Å². The Hall–Kier alpha value is -1.13. The fraction of sp³-hybridized carbons (Fsp3) is 0.533. The first-order valence-electron chi connectivity index (χ1n) is 7.01. The van der Waals surface area contributed by atoms with Crippen molar-refractivity contribution >= 4 is 17.5 Å². The molecule has 108 valence electrons. The van der Waals surface area contributed by atoms with Crippen LogP contribution in [0.1, 0.15) is 24.3 Å². The molecule has 1 aliphatic carbocycles. The van der Waals surface area contributed by atoms with Crippen molar-refractivity contribution in [1.29, 1.82) is 0 Å². The van der Waals surface area contributed by atoms with E-state index in [1.165, 1.54) is 6.07 Å². The van der Waals surface area contributed by atoms with Crippen LogP contribution in [0.25, 0.3) is 0 Å². The molecule has 1 aromatic carbocycles. The number of carbonyl (C=O) groups excluding carboxylic acids is 1. The normalized spacial score (nSPS) is 28.4. The van der Waals surface area contributed by atoms with Crippen molar-refractivity contribution in [1.82, 2.24) is 10.2 Å². The maximum Gasteiger partial charge on any atom is 0.226 e. The van der Waals surface area contributed by atoms with Gasteiger partial charge in [0, 0.05) is 42.1 Å². The van der Waals surface area contributed by atoms with Gasteiger partial charge in [-0.1, -0.05) is 17.7 Å². The number of carbonyl (C=O) groups is 1. The molecule has 3 nitrogen and oxygen atoms in total. The number of likely N-dealkylation sites (N-methyl/N-ethyl adjacent to an activating group) is 1. The zero-order valence-electron chi connectivity index (χ0n) is 11.4. The smallest absolute Gasteiger partial charge is 0.226 e. The third-order valence-corrected chi connectivity index (χ3v) is 4.74. The van der Waals surface area contributed by atoms with Crippen molar-refractivity contribution in [2.45, 2.75) is 24.8 Å². The molecule has 1 aromatic rings. The van der Waals surface area contributed by atoms with Gasteiger partial charge in [0.05, 0.1) is 0 Å². The zero-order valence-corrected chi connectivity index (χ0v) is 12.2. The predicted molar refractivity (Wildman–Crippen MR) is 76.3 cm³/mol. The highest BCUT2D eigenvalue weighted by atomic mass is 35.5. The molecule has 1 heterocycles. The number of halogens is 2. The monoisotopic (exact) mass is 296 g/mol. The first-order chi connectivity index (χ1) is 9.59. The number of benzene rings is 1. The van der Waals surface area contributed by atoms with Crippen LogP contribution in [0.4, 0.5) is 4.39 Å². The number of nitrogens with zero attached hydrogens (tertiary/aromatic N) is 1. The minimum absolute atomic E-state index is 0.0620. The molecule has 2 fully saturated rings. The summed E-state index contributed by atoms with van der Waals surface area (Å²) in [5.74, 6) is -0.367. The maximum absolute atomic E-state index is 13.9. The lowest BCUT2D eigenvalue weighted by molar-refractivity contribution is -0.133. The second-order valence-electron chi connectivity index (χ2n) is 5.68. The Morgan fingerprint density at radius 2 is 2.30 bits per heavy atom. The topological polar surface area (TPSA) is 32.3 Å². The molecule has 0 aromatic heterocycles. The molecule has 1 saturated heterocycles. The summed E-state index contributed by atoms with van der Waals surface area (Å²) in [6.45, 7) is 1.80. The van der Waals surface area contributed by atoms with E-state index < -0.39 is 0 Å². The molecule has 2 aliphatic rings. The van der Waals surface area contributed by atoms with Gasteiger partial charge in [-0.2, -0.15) is 0 Å². The van der Waals surface area contributed by atoms with E-state index in [1.54, 1.807) is 12.1 Å². The molecule has 20 heavy (non-hydrogen) atoms. The van der Waals surface area contributed by atoms with Gasteiger partial charge in [-0.3, -0.25) is 4.79 Å². The van der Waals surface area contributed by atoms with Crippen LogP contribution in [0.3, 0.4) is 0 Å². The van der Waals surface area contributed by atoms with Gasteiger partial charge in [0.15, 0.2) is 0 Å². The van der Waals surface area contributed by atoms with Crippen LogP contribution in [0, 0.1) is 11.7 Å². The summed E-state index contributed by atoms with van der Waals surface area (Å²) in [7, 11) is 1.85. The summed E-state index contributed by atoms with van der Waals surface area (Å²) in [4.78, 5) is 14.3. The summed E-state index contributed by atoms with van der Waals surface area (Å²) in [5, 5.41) is 3.68. The van der Waals surface area contributed by atoms with Crippen LogP contribution in [-0.4, -0.2) is 37.0 Å². The van der Waals surface area contributed by atoms with Crippen molar-refractivity contribution < 1.29 is 9.18 Å². The van der Waals surface area contributed by atoms with Crippen LogP contribution < -0.4 is 5.32 Å². The van der Waals surface area contributed by atoms with Gasteiger partial charge in [-0.15, -0.1) is 0 Å². The van der Waals surface area contributed by atoms with Crippen LogP contribution in [0.5, 0.6) is 0 Å². The Labute approximate surface area is 123 Å².